The fourth-order valence-corrected chi connectivity index (χ4v) is 3.66. The average Bonchev–Trinajstić information content (AvgIpc) is 2.59. The van der Waals surface area contributed by atoms with Crippen LogP contribution < -0.4 is 10.6 Å². The molecule has 0 unspecified atom stereocenters. The van der Waals surface area contributed by atoms with Crippen molar-refractivity contribution in [3.05, 3.63) is 29.8 Å². The van der Waals surface area contributed by atoms with Crippen LogP contribution in [0, 0.1) is 5.92 Å². The molecule has 2 amide bonds. The summed E-state index contributed by atoms with van der Waals surface area (Å²) >= 11 is 0. The molecule has 0 atom stereocenters. The molecular formula is C16H25N3O4S. The SMILES string of the molecule is CC(C)CNC(=O)NCc1ccc(S(=O)(=O)N2CCOCC2)cc1. The highest BCUT2D eigenvalue weighted by Crippen LogP contribution is 2.17. The lowest BCUT2D eigenvalue weighted by Crippen LogP contribution is -2.40. The van der Waals surface area contributed by atoms with E-state index < -0.39 is 10.0 Å². The minimum absolute atomic E-state index is 0.228. The van der Waals surface area contributed by atoms with Crippen molar-refractivity contribution in [1.29, 1.82) is 0 Å². The fraction of sp³-hybridized carbons (Fsp3) is 0.562. The van der Waals surface area contributed by atoms with Crippen molar-refractivity contribution in [2.75, 3.05) is 32.8 Å². The van der Waals surface area contributed by atoms with Crippen molar-refractivity contribution in [2.45, 2.75) is 25.3 Å². The molecule has 8 heteroatoms. The molecule has 1 aliphatic rings. The molecule has 1 aromatic carbocycles. The van der Waals surface area contributed by atoms with E-state index in [1.54, 1.807) is 24.3 Å². The number of benzene rings is 1. The maximum atomic E-state index is 12.5. The fourth-order valence-electron chi connectivity index (χ4n) is 2.26. The maximum Gasteiger partial charge on any atom is 0.315 e. The lowest BCUT2D eigenvalue weighted by molar-refractivity contribution is 0.0730. The Hall–Kier alpha value is -1.64. The molecule has 2 N–H and O–H groups in total. The van der Waals surface area contributed by atoms with Gasteiger partial charge in [0.05, 0.1) is 18.1 Å². The number of carbonyl (C=O) groups is 1. The van der Waals surface area contributed by atoms with Gasteiger partial charge in [0.25, 0.3) is 0 Å². The number of carbonyl (C=O) groups excluding carboxylic acids is 1. The lowest BCUT2D eigenvalue weighted by atomic mass is 10.2. The summed E-state index contributed by atoms with van der Waals surface area (Å²) in [5.74, 6) is 0.389. The second-order valence-electron chi connectivity index (χ2n) is 6.12. The number of nitrogens with zero attached hydrogens (tertiary/aromatic N) is 1. The third-order valence-corrected chi connectivity index (χ3v) is 5.57. The van der Waals surface area contributed by atoms with E-state index in [-0.39, 0.29) is 10.9 Å². The second kappa shape index (κ2) is 8.46. The molecule has 7 nitrogen and oxygen atoms in total. The number of urea groups is 1. The molecule has 0 aliphatic carbocycles. The van der Waals surface area contributed by atoms with E-state index >= 15 is 0 Å². The minimum Gasteiger partial charge on any atom is -0.379 e. The van der Waals surface area contributed by atoms with E-state index in [1.807, 2.05) is 13.8 Å². The van der Waals surface area contributed by atoms with Gasteiger partial charge < -0.3 is 15.4 Å². The van der Waals surface area contributed by atoms with Gasteiger partial charge in [-0.25, -0.2) is 13.2 Å². The van der Waals surface area contributed by atoms with Crippen molar-refractivity contribution in [1.82, 2.24) is 14.9 Å². The van der Waals surface area contributed by atoms with Gasteiger partial charge in [-0.3, -0.25) is 0 Å². The Balaban J connectivity index is 1.91. The minimum atomic E-state index is -3.47. The van der Waals surface area contributed by atoms with Gasteiger partial charge in [-0.05, 0) is 23.6 Å². The highest BCUT2D eigenvalue weighted by Gasteiger charge is 2.25. The van der Waals surface area contributed by atoms with Crippen LogP contribution in [0.4, 0.5) is 4.79 Å². The van der Waals surface area contributed by atoms with Gasteiger partial charge in [-0.2, -0.15) is 4.31 Å². The summed E-state index contributed by atoms with van der Waals surface area (Å²) in [5.41, 5.74) is 0.843. The number of nitrogens with one attached hydrogen (secondary N) is 2. The molecular weight excluding hydrogens is 330 g/mol. The predicted octanol–water partition coefficient (Wildman–Crippen LogP) is 1.16. The zero-order valence-corrected chi connectivity index (χ0v) is 14.9. The summed E-state index contributed by atoms with van der Waals surface area (Å²) < 4.78 is 31.6. The number of morpholine rings is 1. The van der Waals surface area contributed by atoms with Crippen LogP contribution in [0.15, 0.2) is 29.2 Å². The van der Waals surface area contributed by atoms with Crippen molar-refractivity contribution >= 4 is 16.1 Å². The second-order valence-corrected chi connectivity index (χ2v) is 8.06. The standard InChI is InChI=1S/C16H25N3O4S/c1-13(2)11-17-16(20)18-12-14-3-5-15(6-4-14)24(21,22)19-7-9-23-10-8-19/h3-6,13H,7-12H2,1-2H3,(H2,17,18,20). The van der Waals surface area contributed by atoms with Crippen LogP contribution in [-0.4, -0.2) is 51.6 Å². The molecule has 134 valence electrons. The van der Waals surface area contributed by atoms with Gasteiger partial charge >= 0.3 is 6.03 Å². The van der Waals surface area contributed by atoms with Crippen LogP contribution in [0.1, 0.15) is 19.4 Å². The van der Waals surface area contributed by atoms with Crippen molar-refractivity contribution < 1.29 is 17.9 Å². The monoisotopic (exact) mass is 355 g/mol. The van der Waals surface area contributed by atoms with Gasteiger partial charge in [0.15, 0.2) is 0 Å². The Morgan fingerprint density at radius 3 is 2.38 bits per heavy atom. The number of hydrogen-bond acceptors (Lipinski definition) is 4. The first kappa shape index (κ1) is 18.7. The molecule has 1 aromatic rings. The summed E-state index contributed by atoms with van der Waals surface area (Å²) in [6.07, 6.45) is 0. The number of sulfonamides is 1. The topological polar surface area (TPSA) is 87.7 Å². The summed E-state index contributed by atoms with van der Waals surface area (Å²) in [4.78, 5) is 11.9. The van der Waals surface area contributed by atoms with Crippen molar-refractivity contribution in [3.8, 4) is 0 Å². The molecule has 0 radical (unpaired) electrons. The Labute approximate surface area is 143 Å². The zero-order valence-electron chi connectivity index (χ0n) is 14.1. The summed E-state index contributed by atoms with van der Waals surface area (Å²) in [5, 5.41) is 5.52. The van der Waals surface area contributed by atoms with Gasteiger partial charge in [-0.15, -0.1) is 0 Å². The van der Waals surface area contributed by atoms with Crippen LogP contribution in [0.3, 0.4) is 0 Å². The first-order valence-electron chi connectivity index (χ1n) is 8.08. The maximum absolute atomic E-state index is 12.5. The highest BCUT2D eigenvalue weighted by atomic mass is 32.2. The third-order valence-electron chi connectivity index (χ3n) is 3.66. The van der Waals surface area contributed by atoms with Crippen LogP contribution >= 0.6 is 0 Å². The van der Waals surface area contributed by atoms with E-state index in [1.165, 1.54) is 4.31 Å². The number of ether oxygens (including phenoxy) is 1. The summed E-state index contributed by atoms with van der Waals surface area (Å²) in [6.45, 7) is 6.61. The molecule has 1 aliphatic heterocycles. The molecule has 24 heavy (non-hydrogen) atoms. The first-order chi connectivity index (χ1) is 11.4. The molecule has 1 saturated heterocycles. The summed E-state index contributed by atoms with van der Waals surface area (Å²) in [6, 6.07) is 6.36. The highest BCUT2D eigenvalue weighted by molar-refractivity contribution is 7.89. The Morgan fingerprint density at radius 2 is 1.79 bits per heavy atom. The Bertz CT molecular complexity index is 638. The molecule has 2 rings (SSSR count). The van der Waals surface area contributed by atoms with Gasteiger partial charge in [0.1, 0.15) is 0 Å². The summed E-state index contributed by atoms with van der Waals surface area (Å²) in [7, 11) is -3.47. The van der Waals surface area contributed by atoms with E-state index in [9.17, 15) is 13.2 Å². The van der Waals surface area contributed by atoms with Gasteiger partial charge in [0.2, 0.25) is 10.0 Å². The number of amides is 2. The quantitative estimate of drug-likeness (QED) is 0.802. The number of rotatable bonds is 6. The van der Waals surface area contributed by atoms with Crippen molar-refractivity contribution in [2.24, 2.45) is 5.92 Å². The molecule has 0 aromatic heterocycles. The number of hydrogen-bond donors (Lipinski definition) is 2. The molecule has 1 heterocycles. The van der Waals surface area contributed by atoms with Crippen LogP contribution in [0.2, 0.25) is 0 Å². The largest absolute Gasteiger partial charge is 0.379 e. The third kappa shape index (κ3) is 5.19. The van der Waals surface area contributed by atoms with E-state index in [0.29, 0.717) is 45.3 Å². The van der Waals surface area contributed by atoms with Crippen molar-refractivity contribution in [3.63, 3.8) is 0 Å². The Kier molecular flexibility index (Phi) is 6.59. The smallest absolute Gasteiger partial charge is 0.315 e. The molecule has 0 saturated carbocycles. The predicted molar refractivity (Wildman–Crippen MR) is 91.1 cm³/mol. The normalized spacial score (nSPS) is 16.1. The van der Waals surface area contributed by atoms with E-state index in [2.05, 4.69) is 10.6 Å². The Morgan fingerprint density at radius 1 is 1.17 bits per heavy atom. The van der Waals surface area contributed by atoms with Gasteiger partial charge in [-0.1, -0.05) is 26.0 Å². The van der Waals surface area contributed by atoms with Gasteiger partial charge in [0, 0.05) is 26.2 Å². The van der Waals surface area contributed by atoms with Crippen LogP contribution in [0.5, 0.6) is 0 Å². The molecule has 1 fully saturated rings. The molecule has 0 spiro atoms. The van der Waals surface area contributed by atoms with E-state index in [4.69, 9.17) is 4.74 Å². The van der Waals surface area contributed by atoms with Crippen LogP contribution in [0.25, 0.3) is 0 Å². The lowest BCUT2D eigenvalue weighted by Gasteiger charge is -2.26. The first-order valence-corrected chi connectivity index (χ1v) is 9.52. The van der Waals surface area contributed by atoms with E-state index in [0.717, 1.165) is 5.56 Å². The molecule has 0 bridgehead atoms. The van der Waals surface area contributed by atoms with Crippen LogP contribution in [-0.2, 0) is 21.3 Å². The average molecular weight is 355 g/mol. The zero-order chi connectivity index (χ0) is 17.6.